The van der Waals surface area contributed by atoms with Crippen molar-refractivity contribution in [3.05, 3.63) is 23.5 Å². The molecule has 0 amide bonds. The quantitative estimate of drug-likeness (QED) is 0.452. The molecule has 66 valence electrons. The van der Waals surface area contributed by atoms with Crippen molar-refractivity contribution >= 4 is 0 Å². The van der Waals surface area contributed by atoms with E-state index in [2.05, 4.69) is 10.7 Å². The Morgan fingerprint density at radius 1 is 1.42 bits per heavy atom. The highest BCUT2D eigenvalue weighted by Crippen LogP contribution is 2.30. The van der Waals surface area contributed by atoms with Crippen LogP contribution in [-0.4, -0.2) is 10.2 Å². The second-order valence-corrected chi connectivity index (χ2v) is 2.20. The van der Waals surface area contributed by atoms with Crippen LogP contribution in [-0.2, 0) is 11.4 Å². The lowest BCUT2D eigenvalue weighted by molar-refractivity contribution is 0.119. The number of halogens is 1. The van der Waals surface area contributed by atoms with E-state index < -0.39 is 17.3 Å². The Balaban J connectivity index is 3.14. The Kier molecular flexibility index (Phi) is 2.47. The summed E-state index contributed by atoms with van der Waals surface area (Å²) < 4.78 is 12.8. The lowest BCUT2D eigenvalue weighted by Crippen LogP contribution is -2.01. The van der Waals surface area contributed by atoms with Crippen LogP contribution < -0.4 is 5.90 Å². The van der Waals surface area contributed by atoms with E-state index in [0.717, 1.165) is 12.1 Å². The lowest BCUT2D eigenvalue weighted by Gasteiger charge is -2.05. The van der Waals surface area contributed by atoms with Crippen LogP contribution in [0.5, 0.6) is 11.5 Å². The topological polar surface area (TPSA) is 75.7 Å². The third kappa shape index (κ3) is 1.46. The number of hydrogen-bond donors (Lipinski definition) is 3. The first-order chi connectivity index (χ1) is 5.66. The van der Waals surface area contributed by atoms with Gasteiger partial charge in [-0.3, -0.25) is 4.84 Å². The van der Waals surface area contributed by atoms with E-state index in [9.17, 15) is 4.39 Å². The molecule has 4 nitrogen and oxygen atoms in total. The number of phenols is 2. The van der Waals surface area contributed by atoms with E-state index in [1.165, 1.54) is 0 Å². The second-order valence-electron chi connectivity index (χ2n) is 2.20. The van der Waals surface area contributed by atoms with Crippen LogP contribution in [0.4, 0.5) is 4.39 Å². The molecular formula is C7H8FNO3. The fraction of sp³-hybridized carbons (Fsp3) is 0.143. The Morgan fingerprint density at radius 3 is 2.67 bits per heavy atom. The Labute approximate surface area is 68.0 Å². The van der Waals surface area contributed by atoms with Crippen molar-refractivity contribution in [1.82, 2.24) is 0 Å². The molecule has 4 N–H and O–H groups in total. The summed E-state index contributed by atoms with van der Waals surface area (Å²) in [5.74, 6) is 3.08. The molecule has 0 unspecified atom stereocenters. The summed E-state index contributed by atoms with van der Waals surface area (Å²) in [6.45, 7) is -0.286. The van der Waals surface area contributed by atoms with E-state index in [1.54, 1.807) is 0 Å². The molecule has 0 aliphatic heterocycles. The van der Waals surface area contributed by atoms with Crippen LogP contribution in [0.3, 0.4) is 0 Å². The molecule has 5 heteroatoms. The summed E-state index contributed by atoms with van der Waals surface area (Å²) in [4.78, 5) is 4.13. The first-order valence-corrected chi connectivity index (χ1v) is 3.17. The molecule has 0 aromatic heterocycles. The maximum atomic E-state index is 12.8. The molecule has 0 bridgehead atoms. The van der Waals surface area contributed by atoms with Crippen molar-refractivity contribution in [3.8, 4) is 11.5 Å². The number of benzene rings is 1. The van der Waals surface area contributed by atoms with E-state index in [-0.39, 0.29) is 12.2 Å². The van der Waals surface area contributed by atoms with Crippen molar-refractivity contribution < 1.29 is 19.4 Å². The van der Waals surface area contributed by atoms with E-state index in [4.69, 9.17) is 10.2 Å². The Hall–Kier alpha value is -1.33. The normalized spacial score (nSPS) is 10.2. The molecule has 1 rings (SSSR count). The summed E-state index contributed by atoms with van der Waals surface area (Å²) in [6, 6.07) is 2.06. The maximum Gasteiger partial charge on any atom is 0.166 e. The highest BCUT2D eigenvalue weighted by molar-refractivity contribution is 5.44. The molecule has 12 heavy (non-hydrogen) atoms. The minimum Gasteiger partial charge on any atom is -0.504 e. The van der Waals surface area contributed by atoms with Crippen LogP contribution in [0.15, 0.2) is 12.1 Å². The van der Waals surface area contributed by atoms with Crippen LogP contribution >= 0.6 is 0 Å². The molecule has 0 spiro atoms. The largest absolute Gasteiger partial charge is 0.504 e. The van der Waals surface area contributed by atoms with Crippen molar-refractivity contribution in [2.24, 2.45) is 5.90 Å². The van der Waals surface area contributed by atoms with Gasteiger partial charge in [-0.15, -0.1) is 0 Å². The molecule has 0 saturated carbocycles. The minimum absolute atomic E-state index is 0.155. The summed E-state index contributed by atoms with van der Waals surface area (Å²) in [5.41, 5.74) is -0.155. The van der Waals surface area contributed by atoms with Gasteiger partial charge >= 0.3 is 0 Å². The standard InChI is InChI=1S/C7H8FNO3/c8-5-1-2-6(10)7(11)4(5)3-12-9/h1-2,10-11H,3,9H2. The van der Waals surface area contributed by atoms with Gasteiger partial charge < -0.3 is 10.2 Å². The number of phenolic OH excluding ortho intramolecular Hbond substituents is 2. The third-order valence-electron chi connectivity index (χ3n) is 1.43. The summed E-state index contributed by atoms with van der Waals surface area (Å²) in [5, 5.41) is 18.0. The van der Waals surface area contributed by atoms with E-state index >= 15 is 0 Å². The van der Waals surface area contributed by atoms with Crippen LogP contribution in [0.2, 0.25) is 0 Å². The monoisotopic (exact) mass is 173 g/mol. The molecule has 0 fully saturated rings. The number of hydrogen-bond acceptors (Lipinski definition) is 4. The molecule has 1 aromatic rings. The van der Waals surface area contributed by atoms with Crippen molar-refractivity contribution in [2.75, 3.05) is 0 Å². The van der Waals surface area contributed by atoms with Gasteiger partial charge in [0, 0.05) is 0 Å². The van der Waals surface area contributed by atoms with Crippen molar-refractivity contribution in [3.63, 3.8) is 0 Å². The molecule has 0 aliphatic carbocycles. The number of aromatic hydroxyl groups is 2. The van der Waals surface area contributed by atoms with E-state index in [0.29, 0.717) is 0 Å². The molecule has 0 atom stereocenters. The first kappa shape index (κ1) is 8.76. The Bertz CT molecular complexity index is 290. The molecule has 0 aliphatic rings. The summed E-state index contributed by atoms with van der Waals surface area (Å²) >= 11 is 0. The smallest absolute Gasteiger partial charge is 0.166 e. The van der Waals surface area contributed by atoms with Crippen LogP contribution in [0.1, 0.15) is 5.56 Å². The fourth-order valence-electron chi connectivity index (χ4n) is 0.820. The minimum atomic E-state index is -0.671. The molecule has 0 radical (unpaired) electrons. The van der Waals surface area contributed by atoms with Crippen LogP contribution in [0, 0.1) is 5.82 Å². The van der Waals surface area contributed by atoms with Crippen molar-refractivity contribution in [1.29, 1.82) is 0 Å². The predicted octanol–water partition coefficient (Wildman–Crippen LogP) is 0.627. The molecular weight excluding hydrogens is 165 g/mol. The summed E-state index contributed by atoms with van der Waals surface area (Å²) in [6.07, 6.45) is 0. The average molecular weight is 173 g/mol. The van der Waals surface area contributed by atoms with Gasteiger partial charge in [-0.25, -0.2) is 10.3 Å². The fourth-order valence-corrected chi connectivity index (χ4v) is 0.820. The molecule has 0 heterocycles. The van der Waals surface area contributed by atoms with Gasteiger partial charge in [-0.05, 0) is 12.1 Å². The summed E-state index contributed by atoms with van der Waals surface area (Å²) in [7, 11) is 0. The number of nitrogens with two attached hydrogens (primary N) is 1. The average Bonchev–Trinajstić information content (AvgIpc) is 2.06. The molecule has 1 aromatic carbocycles. The van der Waals surface area contributed by atoms with Crippen LogP contribution in [0.25, 0.3) is 0 Å². The van der Waals surface area contributed by atoms with E-state index in [1.807, 2.05) is 0 Å². The molecule has 0 saturated heterocycles. The van der Waals surface area contributed by atoms with Gasteiger partial charge in [0.1, 0.15) is 5.82 Å². The highest BCUT2D eigenvalue weighted by Gasteiger charge is 2.11. The Morgan fingerprint density at radius 2 is 2.08 bits per heavy atom. The SMILES string of the molecule is NOCc1c(F)ccc(O)c1O. The van der Waals surface area contributed by atoms with Gasteiger partial charge in [-0.1, -0.05) is 0 Å². The zero-order valence-corrected chi connectivity index (χ0v) is 6.12. The lowest BCUT2D eigenvalue weighted by atomic mass is 10.2. The second kappa shape index (κ2) is 3.38. The van der Waals surface area contributed by atoms with Gasteiger partial charge in [0.2, 0.25) is 0 Å². The maximum absolute atomic E-state index is 12.8. The van der Waals surface area contributed by atoms with Gasteiger partial charge in [-0.2, -0.15) is 0 Å². The van der Waals surface area contributed by atoms with Gasteiger partial charge in [0.05, 0.1) is 12.2 Å². The zero-order chi connectivity index (χ0) is 9.14. The number of rotatable bonds is 2. The van der Waals surface area contributed by atoms with Gasteiger partial charge in [0.25, 0.3) is 0 Å². The third-order valence-corrected chi connectivity index (χ3v) is 1.43. The zero-order valence-electron chi connectivity index (χ0n) is 6.12. The first-order valence-electron chi connectivity index (χ1n) is 3.17. The van der Waals surface area contributed by atoms with Crippen molar-refractivity contribution in [2.45, 2.75) is 6.61 Å². The van der Waals surface area contributed by atoms with Gasteiger partial charge in [0.15, 0.2) is 11.5 Å². The predicted molar refractivity (Wildman–Crippen MR) is 38.7 cm³/mol. The highest BCUT2D eigenvalue weighted by atomic mass is 19.1.